The summed E-state index contributed by atoms with van der Waals surface area (Å²) in [4.78, 5) is 23.5. The minimum absolute atomic E-state index is 0.191. The lowest BCUT2D eigenvalue weighted by atomic mass is 9.70. The van der Waals surface area contributed by atoms with Crippen molar-refractivity contribution in [1.29, 1.82) is 5.26 Å². The number of thiophene rings is 1. The van der Waals surface area contributed by atoms with Gasteiger partial charge in [0.1, 0.15) is 4.83 Å². The van der Waals surface area contributed by atoms with Crippen LogP contribution in [0.2, 0.25) is 0 Å². The smallest absolute Gasteiger partial charge is 0.265 e. The number of ether oxygens (including phenoxy) is 2. The van der Waals surface area contributed by atoms with Crippen molar-refractivity contribution < 1.29 is 14.3 Å². The Balaban J connectivity index is 1.29. The van der Waals surface area contributed by atoms with Gasteiger partial charge >= 0.3 is 0 Å². The number of rotatable bonds is 4. The van der Waals surface area contributed by atoms with Crippen molar-refractivity contribution in [1.82, 2.24) is 9.97 Å². The fourth-order valence-electron chi connectivity index (χ4n) is 4.58. The van der Waals surface area contributed by atoms with E-state index in [1.807, 2.05) is 30.3 Å². The van der Waals surface area contributed by atoms with E-state index in [9.17, 15) is 10.1 Å². The Bertz CT molecular complexity index is 1210. The highest BCUT2D eigenvalue weighted by molar-refractivity contribution is 7.20. The summed E-state index contributed by atoms with van der Waals surface area (Å²) >= 11 is 1.38. The molecule has 1 aliphatic carbocycles. The van der Waals surface area contributed by atoms with Crippen molar-refractivity contribution in [3.63, 3.8) is 0 Å². The van der Waals surface area contributed by atoms with Gasteiger partial charge in [-0.3, -0.25) is 9.78 Å². The van der Waals surface area contributed by atoms with Crippen molar-refractivity contribution in [3.8, 4) is 6.07 Å². The topological polar surface area (TPSA) is 97.1 Å². The number of aromatic nitrogens is 2. The zero-order chi connectivity index (χ0) is 23.1. The van der Waals surface area contributed by atoms with Crippen molar-refractivity contribution in [2.75, 3.05) is 18.5 Å². The quantitative estimate of drug-likeness (QED) is 0.576. The van der Waals surface area contributed by atoms with Crippen molar-refractivity contribution in [2.45, 2.75) is 56.7 Å². The van der Waals surface area contributed by atoms with Gasteiger partial charge in [0.2, 0.25) is 0 Å². The molecule has 1 aliphatic heterocycles. The molecule has 0 unspecified atom stereocenters. The van der Waals surface area contributed by atoms with Crippen LogP contribution in [0.5, 0.6) is 0 Å². The molecule has 1 saturated heterocycles. The van der Waals surface area contributed by atoms with Crippen LogP contribution in [0.4, 0.5) is 5.69 Å². The third-order valence-electron chi connectivity index (χ3n) is 6.62. The van der Waals surface area contributed by atoms with E-state index in [4.69, 9.17) is 9.47 Å². The van der Waals surface area contributed by atoms with E-state index >= 15 is 0 Å². The lowest BCUT2D eigenvalue weighted by Gasteiger charge is -2.39. The predicted molar refractivity (Wildman–Crippen MR) is 126 cm³/mol. The van der Waals surface area contributed by atoms with Gasteiger partial charge in [-0.05, 0) is 43.0 Å². The third kappa shape index (κ3) is 4.12. The van der Waals surface area contributed by atoms with Crippen molar-refractivity contribution in [2.24, 2.45) is 0 Å². The number of carbonyl (C=O) groups is 1. The first-order valence-electron chi connectivity index (χ1n) is 11.3. The highest BCUT2D eigenvalue weighted by Gasteiger charge is 2.48. The molecule has 7 nitrogen and oxygen atoms in total. The summed E-state index contributed by atoms with van der Waals surface area (Å²) in [6.07, 6.45) is 4.25. The molecule has 2 aliphatic rings. The Morgan fingerprint density at radius 1 is 1.15 bits per heavy atom. The molecule has 1 saturated carbocycles. The Hall–Kier alpha value is -2.86. The Kier molecular flexibility index (Phi) is 5.65. The molecular weight excluding hydrogens is 436 g/mol. The SMILES string of the molecule is CC(C)c1ccc2cc(C(=O)Nc3ccc(C4(C#N)CCC5(CC4)OCCO5)nc3)sc2n1. The first kappa shape index (κ1) is 22.0. The maximum absolute atomic E-state index is 12.8. The molecule has 4 heterocycles. The summed E-state index contributed by atoms with van der Waals surface area (Å²) in [5, 5.41) is 13.8. The van der Waals surface area contributed by atoms with Gasteiger partial charge in [0.25, 0.3) is 5.91 Å². The molecule has 5 rings (SSSR count). The molecule has 33 heavy (non-hydrogen) atoms. The zero-order valence-electron chi connectivity index (χ0n) is 18.8. The van der Waals surface area contributed by atoms with Crippen molar-refractivity contribution in [3.05, 3.63) is 52.8 Å². The van der Waals surface area contributed by atoms with Gasteiger partial charge in [0.15, 0.2) is 5.79 Å². The van der Waals surface area contributed by atoms with Gasteiger partial charge < -0.3 is 14.8 Å². The predicted octanol–water partition coefficient (Wildman–Crippen LogP) is 5.15. The number of nitrogens with zero attached hydrogens (tertiary/aromatic N) is 3. The van der Waals surface area contributed by atoms with Gasteiger partial charge in [0, 0.05) is 23.9 Å². The first-order valence-corrected chi connectivity index (χ1v) is 12.1. The van der Waals surface area contributed by atoms with Gasteiger partial charge in [-0.25, -0.2) is 4.98 Å². The molecule has 0 aromatic carbocycles. The standard InChI is InChI=1S/C25H26N4O3S/c1-16(2)19-5-3-17-13-20(33-23(17)29-19)22(30)28-18-4-6-21(27-14-18)24(15-26)7-9-25(10-8-24)31-11-12-32-25/h3-6,13-14,16H,7-12H2,1-2H3,(H,28,30). The minimum Gasteiger partial charge on any atom is -0.348 e. The van der Waals surface area contributed by atoms with Gasteiger partial charge in [0.05, 0.1) is 47.2 Å². The molecule has 8 heteroatoms. The van der Waals surface area contributed by atoms with Crippen LogP contribution in [-0.4, -0.2) is 34.9 Å². The average Bonchev–Trinajstić information content (AvgIpc) is 3.47. The molecule has 1 amide bonds. The van der Waals surface area contributed by atoms with Crippen LogP contribution >= 0.6 is 11.3 Å². The number of fused-ring (bicyclic) bond motifs is 1. The summed E-state index contributed by atoms with van der Waals surface area (Å²) in [7, 11) is 0. The normalized spacial score (nSPS) is 19.1. The fourth-order valence-corrected chi connectivity index (χ4v) is 5.51. The van der Waals surface area contributed by atoms with Crippen LogP contribution in [0.1, 0.15) is 66.5 Å². The molecule has 0 radical (unpaired) electrons. The molecular formula is C25H26N4O3S. The largest absolute Gasteiger partial charge is 0.348 e. The van der Waals surface area contributed by atoms with Crippen molar-refractivity contribution >= 4 is 33.1 Å². The van der Waals surface area contributed by atoms with Crippen LogP contribution < -0.4 is 5.32 Å². The minimum atomic E-state index is -0.658. The summed E-state index contributed by atoms with van der Waals surface area (Å²) in [5.41, 5.74) is 1.68. The number of nitriles is 1. The average molecular weight is 463 g/mol. The van der Waals surface area contributed by atoms with Crippen LogP contribution in [0.15, 0.2) is 36.5 Å². The summed E-state index contributed by atoms with van der Waals surface area (Å²) < 4.78 is 11.6. The molecule has 2 fully saturated rings. The Morgan fingerprint density at radius 3 is 2.55 bits per heavy atom. The zero-order valence-corrected chi connectivity index (χ0v) is 19.6. The molecule has 1 N–H and O–H groups in total. The third-order valence-corrected chi connectivity index (χ3v) is 7.67. The lowest BCUT2D eigenvalue weighted by molar-refractivity contribution is -0.182. The summed E-state index contributed by atoms with van der Waals surface area (Å²) in [6, 6.07) is 12.0. The number of carbonyl (C=O) groups excluding carboxylic acids is 1. The molecule has 1 spiro atoms. The first-order chi connectivity index (χ1) is 15.9. The number of anilines is 1. The maximum atomic E-state index is 12.8. The van der Waals surface area contributed by atoms with E-state index in [2.05, 4.69) is 35.2 Å². The van der Waals surface area contributed by atoms with Gasteiger partial charge in [-0.2, -0.15) is 5.26 Å². The van der Waals surface area contributed by atoms with Crippen LogP contribution in [0.25, 0.3) is 10.2 Å². The van der Waals surface area contributed by atoms with E-state index in [-0.39, 0.29) is 5.91 Å². The summed E-state index contributed by atoms with van der Waals surface area (Å²) in [5.74, 6) is -0.379. The van der Waals surface area contributed by atoms with E-state index < -0.39 is 11.2 Å². The van der Waals surface area contributed by atoms with E-state index in [0.29, 0.717) is 55.4 Å². The van der Waals surface area contributed by atoms with Crippen LogP contribution in [-0.2, 0) is 14.9 Å². The Labute approximate surface area is 196 Å². The van der Waals surface area contributed by atoms with E-state index in [0.717, 1.165) is 21.6 Å². The number of amides is 1. The number of nitrogens with one attached hydrogen (secondary N) is 1. The fraction of sp³-hybridized carbons (Fsp3) is 0.440. The maximum Gasteiger partial charge on any atom is 0.265 e. The Morgan fingerprint density at radius 2 is 1.91 bits per heavy atom. The lowest BCUT2D eigenvalue weighted by Crippen LogP contribution is -2.41. The van der Waals surface area contributed by atoms with Gasteiger partial charge in [-0.1, -0.05) is 19.9 Å². The monoisotopic (exact) mass is 462 g/mol. The highest BCUT2D eigenvalue weighted by Crippen LogP contribution is 2.45. The van der Waals surface area contributed by atoms with E-state index in [1.54, 1.807) is 6.20 Å². The molecule has 3 aromatic heterocycles. The molecule has 0 atom stereocenters. The summed E-state index contributed by atoms with van der Waals surface area (Å²) in [6.45, 7) is 5.43. The molecule has 3 aromatic rings. The number of hydrogen-bond donors (Lipinski definition) is 1. The molecule has 0 bridgehead atoms. The molecule has 170 valence electrons. The number of pyridine rings is 2. The number of hydrogen-bond acceptors (Lipinski definition) is 7. The van der Waals surface area contributed by atoms with Gasteiger partial charge in [-0.15, -0.1) is 11.3 Å². The highest BCUT2D eigenvalue weighted by atomic mass is 32.1. The second-order valence-corrected chi connectivity index (χ2v) is 10.1. The second-order valence-electron chi connectivity index (χ2n) is 9.08. The van der Waals surface area contributed by atoms with E-state index in [1.165, 1.54) is 11.3 Å². The second kappa shape index (κ2) is 8.49. The van der Waals surface area contributed by atoms with Crippen LogP contribution in [0.3, 0.4) is 0 Å². The van der Waals surface area contributed by atoms with Crippen LogP contribution in [0, 0.1) is 11.3 Å².